The maximum atomic E-state index is 12.7. The third-order valence-electron chi connectivity index (χ3n) is 4.05. The molecule has 0 heterocycles. The Hall–Kier alpha value is -1.17. The molecule has 0 radical (unpaired) electrons. The van der Waals surface area contributed by atoms with E-state index in [0.717, 1.165) is 10.0 Å². The van der Waals surface area contributed by atoms with Crippen molar-refractivity contribution in [3.63, 3.8) is 0 Å². The van der Waals surface area contributed by atoms with Crippen LogP contribution in [-0.4, -0.2) is 20.2 Å². The maximum absolute atomic E-state index is 12.7. The van der Waals surface area contributed by atoms with Crippen LogP contribution in [-0.2, 0) is 9.84 Å². The SMILES string of the molecule is NC[C@@H]1[C@@H](c2ccc(Br)cc2)[C@@H]1S(=O)(=O)c1ccccc1. The van der Waals surface area contributed by atoms with Gasteiger partial charge in [-0.2, -0.15) is 0 Å². The van der Waals surface area contributed by atoms with Crippen LogP contribution in [0.15, 0.2) is 64.0 Å². The maximum Gasteiger partial charge on any atom is 0.182 e. The van der Waals surface area contributed by atoms with Gasteiger partial charge in [0.15, 0.2) is 9.84 Å². The molecule has 0 amide bonds. The van der Waals surface area contributed by atoms with Crippen molar-refractivity contribution in [3.05, 3.63) is 64.6 Å². The fourth-order valence-electron chi connectivity index (χ4n) is 2.94. The minimum atomic E-state index is -3.33. The molecule has 3 atom stereocenters. The van der Waals surface area contributed by atoms with Gasteiger partial charge in [-0.15, -0.1) is 0 Å². The van der Waals surface area contributed by atoms with Crippen LogP contribution in [0.3, 0.4) is 0 Å². The first-order valence-corrected chi connectivity index (χ1v) is 9.14. The van der Waals surface area contributed by atoms with Gasteiger partial charge in [0.05, 0.1) is 10.1 Å². The lowest BCUT2D eigenvalue weighted by Crippen LogP contribution is -2.13. The van der Waals surface area contributed by atoms with Crippen LogP contribution >= 0.6 is 15.9 Å². The van der Waals surface area contributed by atoms with Crippen molar-refractivity contribution in [1.29, 1.82) is 0 Å². The van der Waals surface area contributed by atoms with Crippen LogP contribution in [0.4, 0.5) is 0 Å². The number of nitrogens with two attached hydrogens (primary N) is 1. The van der Waals surface area contributed by atoms with Crippen molar-refractivity contribution in [3.8, 4) is 0 Å². The van der Waals surface area contributed by atoms with E-state index in [1.807, 2.05) is 30.3 Å². The summed E-state index contributed by atoms with van der Waals surface area (Å²) in [4.78, 5) is 0.382. The molecule has 1 fully saturated rings. The van der Waals surface area contributed by atoms with Gasteiger partial charge in [0.2, 0.25) is 0 Å². The van der Waals surface area contributed by atoms with Gasteiger partial charge in [-0.3, -0.25) is 0 Å². The highest BCUT2D eigenvalue weighted by Gasteiger charge is 2.57. The Morgan fingerprint density at radius 3 is 2.19 bits per heavy atom. The number of rotatable bonds is 4. The van der Waals surface area contributed by atoms with E-state index in [0.29, 0.717) is 11.4 Å². The van der Waals surface area contributed by atoms with Crippen LogP contribution in [0.25, 0.3) is 0 Å². The summed E-state index contributed by atoms with van der Waals surface area (Å²) in [6.07, 6.45) is 0. The van der Waals surface area contributed by atoms with Gasteiger partial charge in [-0.25, -0.2) is 8.42 Å². The summed E-state index contributed by atoms with van der Waals surface area (Å²) in [6, 6.07) is 16.4. The summed E-state index contributed by atoms with van der Waals surface area (Å²) in [6.45, 7) is 0.386. The summed E-state index contributed by atoms with van der Waals surface area (Å²) < 4.78 is 26.5. The van der Waals surface area contributed by atoms with Crippen molar-refractivity contribution >= 4 is 25.8 Å². The average Bonchev–Trinajstić information content (AvgIpc) is 3.24. The molecule has 0 unspecified atom stereocenters. The van der Waals surface area contributed by atoms with Gasteiger partial charge >= 0.3 is 0 Å². The normalized spacial score (nSPS) is 24.8. The standard InChI is InChI=1S/C16H16BrNO2S/c17-12-8-6-11(7-9-12)15-14(10-18)16(15)21(19,20)13-4-2-1-3-5-13/h1-9,14-16H,10,18H2/t14-,15-,16-/m1/s1. The van der Waals surface area contributed by atoms with Crippen LogP contribution in [0.5, 0.6) is 0 Å². The van der Waals surface area contributed by atoms with Crippen molar-refractivity contribution in [2.75, 3.05) is 6.54 Å². The molecule has 2 aromatic rings. The van der Waals surface area contributed by atoms with E-state index in [2.05, 4.69) is 15.9 Å². The molecular formula is C16H16BrNO2S. The Morgan fingerprint density at radius 2 is 1.62 bits per heavy atom. The van der Waals surface area contributed by atoms with E-state index in [4.69, 9.17) is 5.73 Å². The third-order valence-corrected chi connectivity index (χ3v) is 6.87. The first kappa shape index (κ1) is 14.8. The summed E-state index contributed by atoms with van der Waals surface area (Å²) in [7, 11) is -3.33. The molecule has 1 aliphatic carbocycles. The molecule has 0 aromatic heterocycles. The van der Waals surface area contributed by atoms with Crippen LogP contribution in [0.1, 0.15) is 11.5 Å². The van der Waals surface area contributed by atoms with Gasteiger partial charge < -0.3 is 5.73 Å². The van der Waals surface area contributed by atoms with Crippen LogP contribution in [0, 0.1) is 5.92 Å². The van der Waals surface area contributed by atoms with Crippen molar-refractivity contribution < 1.29 is 8.42 Å². The largest absolute Gasteiger partial charge is 0.330 e. The lowest BCUT2D eigenvalue weighted by atomic mass is 10.1. The highest BCUT2D eigenvalue weighted by Crippen LogP contribution is 2.53. The molecular weight excluding hydrogens is 350 g/mol. The highest BCUT2D eigenvalue weighted by molar-refractivity contribution is 9.10. The van der Waals surface area contributed by atoms with Gasteiger partial charge in [-0.05, 0) is 42.3 Å². The van der Waals surface area contributed by atoms with Crippen molar-refractivity contribution in [1.82, 2.24) is 0 Å². The Balaban J connectivity index is 1.94. The highest BCUT2D eigenvalue weighted by atomic mass is 79.9. The minimum absolute atomic E-state index is 0.00335. The van der Waals surface area contributed by atoms with E-state index < -0.39 is 15.1 Å². The smallest absolute Gasteiger partial charge is 0.182 e. The van der Waals surface area contributed by atoms with Gasteiger partial charge in [-0.1, -0.05) is 46.3 Å². The molecule has 1 aliphatic rings. The third kappa shape index (κ3) is 2.65. The Kier molecular flexibility index (Phi) is 3.90. The Labute approximate surface area is 133 Å². The predicted octanol–water partition coefficient (Wildman–Crippen LogP) is 2.96. The fourth-order valence-corrected chi connectivity index (χ4v) is 5.45. The Morgan fingerprint density at radius 1 is 1.00 bits per heavy atom. The molecule has 0 aliphatic heterocycles. The molecule has 0 bridgehead atoms. The minimum Gasteiger partial charge on any atom is -0.330 e. The zero-order valence-corrected chi connectivity index (χ0v) is 13.7. The quantitative estimate of drug-likeness (QED) is 0.905. The van der Waals surface area contributed by atoms with Crippen LogP contribution < -0.4 is 5.73 Å². The molecule has 0 saturated heterocycles. The lowest BCUT2D eigenvalue weighted by molar-refractivity contribution is 0.591. The lowest BCUT2D eigenvalue weighted by Gasteiger charge is -2.04. The molecule has 2 N–H and O–H groups in total. The molecule has 5 heteroatoms. The van der Waals surface area contributed by atoms with E-state index in [9.17, 15) is 8.42 Å². The van der Waals surface area contributed by atoms with E-state index in [1.165, 1.54) is 0 Å². The molecule has 21 heavy (non-hydrogen) atoms. The number of sulfone groups is 1. The van der Waals surface area contributed by atoms with Gasteiger partial charge in [0.25, 0.3) is 0 Å². The van der Waals surface area contributed by atoms with E-state index in [-0.39, 0.29) is 11.8 Å². The molecule has 1 saturated carbocycles. The van der Waals surface area contributed by atoms with Crippen molar-refractivity contribution in [2.24, 2.45) is 11.7 Å². The number of hydrogen-bond donors (Lipinski definition) is 1. The fraction of sp³-hybridized carbons (Fsp3) is 0.250. The van der Waals surface area contributed by atoms with E-state index in [1.54, 1.807) is 24.3 Å². The molecule has 2 aromatic carbocycles. The molecule has 110 valence electrons. The number of halogens is 1. The zero-order valence-electron chi connectivity index (χ0n) is 11.3. The summed E-state index contributed by atoms with van der Waals surface area (Å²) in [5.74, 6) is -0.00955. The first-order valence-electron chi connectivity index (χ1n) is 6.80. The predicted molar refractivity (Wildman–Crippen MR) is 86.8 cm³/mol. The topological polar surface area (TPSA) is 60.2 Å². The monoisotopic (exact) mass is 365 g/mol. The summed E-state index contributed by atoms with van der Waals surface area (Å²) >= 11 is 3.40. The van der Waals surface area contributed by atoms with E-state index >= 15 is 0 Å². The molecule has 3 nitrogen and oxygen atoms in total. The Bertz CT molecular complexity index is 729. The number of benzene rings is 2. The first-order chi connectivity index (χ1) is 10.1. The summed E-state index contributed by atoms with van der Waals surface area (Å²) in [5, 5.41) is -0.411. The second kappa shape index (κ2) is 5.55. The van der Waals surface area contributed by atoms with Gasteiger partial charge in [0, 0.05) is 10.4 Å². The second-order valence-corrected chi connectivity index (χ2v) is 8.32. The van der Waals surface area contributed by atoms with Crippen molar-refractivity contribution in [2.45, 2.75) is 16.1 Å². The average molecular weight is 366 g/mol. The molecule has 0 spiro atoms. The second-order valence-electron chi connectivity index (χ2n) is 5.30. The zero-order chi connectivity index (χ0) is 15.0. The van der Waals surface area contributed by atoms with Gasteiger partial charge in [0.1, 0.15) is 0 Å². The van der Waals surface area contributed by atoms with Crippen LogP contribution in [0.2, 0.25) is 0 Å². The molecule has 3 rings (SSSR count). The summed E-state index contributed by atoms with van der Waals surface area (Å²) in [5.41, 5.74) is 6.82. The number of hydrogen-bond acceptors (Lipinski definition) is 3.